The first-order chi connectivity index (χ1) is 14.1. The van der Waals surface area contributed by atoms with Gasteiger partial charge in [0.15, 0.2) is 5.82 Å². The molecule has 29 heavy (non-hydrogen) atoms. The Morgan fingerprint density at radius 3 is 2.59 bits per heavy atom. The number of anilines is 1. The molecular formula is C23H24N6. The summed E-state index contributed by atoms with van der Waals surface area (Å²) in [5.41, 5.74) is 5.10. The van der Waals surface area contributed by atoms with Crippen LogP contribution in [0, 0.1) is 6.92 Å². The van der Waals surface area contributed by atoms with Crippen LogP contribution < -0.4 is 5.32 Å². The van der Waals surface area contributed by atoms with Crippen LogP contribution in [0.25, 0.3) is 17.1 Å². The van der Waals surface area contributed by atoms with Crippen LogP contribution in [0.5, 0.6) is 0 Å². The van der Waals surface area contributed by atoms with E-state index in [4.69, 9.17) is 5.10 Å². The molecule has 146 valence electrons. The number of aryl methyl sites for hydroxylation is 1. The Kier molecular flexibility index (Phi) is 5.33. The topological polar surface area (TPSA) is 68.5 Å². The van der Waals surface area contributed by atoms with Gasteiger partial charge in [0.2, 0.25) is 0 Å². The number of nitrogens with one attached hydrogen (secondary N) is 1. The van der Waals surface area contributed by atoms with E-state index in [1.165, 1.54) is 0 Å². The summed E-state index contributed by atoms with van der Waals surface area (Å²) >= 11 is 0. The molecule has 4 aromatic rings. The summed E-state index contributed by atoms with van der Waals surface area (Å²) in [6, 6.07) is 16.0. The first kappa shape index (κ1) is 18.8. The maximum absolute atomic E-state index is 4.81. The lowest BCUT2D eigenvalue weighted by Crippen LogP contribution is -2.06. The predicted octanol–water partition coefficient (Wildman–Crippen LogP) is 4.77. The molecule has 0 fully saturated rings. The second-order valence-corrected chi connectivity index (χ2v) is 7.29. The van der Waals surface area contributed by atoms with E-state index >= 15 is 0 Å². The minimum absolute atomic E-state index is 0.329. The zero-order valence-corrected chi connectivity index (χ0v) is 16.9. The molecular weight excluding hydrogens is 360 g/mol. The van der Waals surface area contributed by atoms with Crippen molar-refractivity contribution in [3.05, 3.63) is 84.1 Å². The van der Waals surface area contributed by atoms with Crippen molar-refractivity contribution in [2.24, 2.45) is 0 Å². The number of nitrogens with zero attached hydrogens (tertiary/aromatic N) is 5. The number of aromatic nitrogens is 5. The van der Waals surface area contributed by atoms with Crippen LogP contribution in [0.3, 0.4) is 0 Å². The molecule has 0 aliphatic rings. The third-order valence-corrected chi connectivity index (χ3v) is 4.62. The van der Waals surface area contributed by atoms with Crippen molar-refractivity contribution in [3.8, 4) is 17.1 Å². The van der Waals surface area contributed by atoms with E-state index in [1.807, 2.05) is 48.0 Å². The van der Waals surface area contributed by atoms with E-state index in [0.29, 0.717) is 18.3 Å². The van der Waals surface area contributed by atoms with Gasteiger partial charge >= 0.3 is 0 Å². The molecule has 1 aromatic carbocycles. The number of para-hydroxylation sites is 1. The lowest BCUT2D eigenvalue weighted by Gasteiger charge is -2.09. The number of hydrogen-bond acceptors (Lipinski definition) is 5. The SMILES string of the molecule is Cc1cc(NCc2cn(-c3ccccc3)nc2C(C)C)nc(-c2cccnc2)n1. The smallest absolute Gasteiger partial charge is 0.163 e. The third kappa shape index (κ3) is 4.32. The second kappa shape index (κ2) is 8.22. The quantitative estimate of drug-likeness (QED) is 0.519. The summed E-state index contributed by atoms with van der Waals surface area (Å²) in [6.45, 7) is 6.94. The van der Waals surface area contributed by atoms with Crippen molar-refractivity contribution in [3.63, 3.8) is 0 Å². The van der Waals surface area contributed by atoms with Gasteiger partial charge in [0.1, 0.15) is 5.82 Å². The Balaban J connectivity index is 1.59. The van der Waals surface area contributed by atoms with Crippen LogP contribution in [0.4, 0.5) is 5.82 Å². The van der Waals surface area contributed by atoms with E-state index < -0.39 is 0 Å². The van der Waals surface area contributed by atoms with Gasteiger partial charge in [-0.1, -0.05) is 32.0 Å². The number of hydrogen-bond donors (Lipinski definition) is 1. The molecule has 0 aliphatic carbocycles. The fraction of sp³-hybridized carbons (Fsp3) is 0.217. The molecule has 4 rings (SSSR count). The van der Waals surface area contributed by atoms with Crippen molar-refractivity contribution in [2.45, 2.75) is 33.2 Å². The maximum Gasteiger partial charge on any atom is 0.163 e. The second-order valence-electron chi connectivity index (χ2n) is 7.29. The maximum atomic E-state index is 4.81. The van der Waals surface area contributed by atoms with Crippen LogP contribution >= 0.6 is 0 Å². The molecule has 3 aromatic heterocycles. The van der Waals surface area contributed by atoms with Crippen LogP contribution in [-0.4, -0.2) is 24.7 Å². The molecule has 0 spiro atoms. The highest BCUT2D eigenvalue weighted by Crippen LogP contribution is 2.22. The summed E-state index contributed by atoms with van der Waals surface area (Å²) in [5, 5.41) is 8.26. The summed E-state index contributed by atoms with van der Waals surface area (Å²) in [6.07, 6.45) is 5.61. The first-order valence-corrected chi connectivity index (χ1v) is 9.74. The number of rotatable bonds is 6. The Bertz CT molecular complexity index is 1090. The average Bonchev–Trinajstić information content (AvgIpc) is 3.18. The van der Waals surface area contributed by atoms with Gasteiger partial charge in [0.25, 0.3) is 0 Å². The molecule has 0 atom stereocenters. The Hall–Kier alpha value is -3.54. The van der Waals surface area contributed by atoms with Crippen molar-refractivity contribution < 1.29 is 0 Å². The molecule has 6 heteroatoms. The highest BCUT2D eigenvalue weighted by Gasteiger charge is 2.14. The molecule has 0 unspecified atom stereocenters. The van der Waals surface area contributed by atoms with Gasteiger partial charge in [-0.05, 0) is 37.1 Å². The standard InChI is InChI=1S/C23H24N6/c1-16(2)22-19(15-29(28-22)20-9-5-4-6-10-20)14-25-21-12-17(3)26-23(27-21)18-8-7-11-24-13-18/h4-13,15-16H,14H2,1-3H3,(H,25,26,27). The van der Waals surface area contributed by atoms with Crippen LogP contribution in [0.1, 0.15) is 36.7 Å². The molecule has 6 nitrogen and oxygen atoms in total. The van der Waals surface area contributed by atoms with Gasteiger partial charge in [0, 0.05) is 48.0 Å². The molecule has 0 amide bonds. The van der Waals surface area contributed by atoms with Crippen molar-refractivity contribution >= 4 is 5.82 Å². The predicted molar refractivity (Wildman–Crippen MR) is 115 cm³/mol. The Morgan fingerprint density at radius 2 is 1.86 bits per heavy atom. The number of pyridine rings is 1. The zero-order chi connectivity index (χ0) is 20.2. The lowest BCUT2D eigenvalue weighted by molar-refractivity contribution is 0.763. The van der Waals surface area contributed by atoms with Crippen LogP contribution in [0.2, 0.25) is 0 Å². The van der Waals surface area contributed by atoms with Gasteiger partial charge in [-0.2, -0.15) is 5.10 Å². The van der Waals surface area contributed by atoms with E-state index in [0.717, 1.165) is 34.0 Å². The normalized spacial score (nSPS) is 11.0. The van der Waals surface area contributed by atoms with E-state index in [2.05, 4.69) is 52.4 Å². The van der Waals surface area contributed by atoms with Crippen molar-refractivity contribution in [1.82, 2.24) is 24.7 Å². The van der Waals surface area contributed by atoms with Crippen molar-refractivity contribution in [1.29, 1.82) is 0 Å². The molecule has 0 radical (unpaired) electrons. The summed E-state index contributed by atoms with van der Waals surface area (Å²) in [7, 11) is 0. The largest absolute Gasteiger partial charge is 0.366 e. The highest BCUT2D eigenvalue weighted by atomic mass is 15.3. The van der Waals surface area contributed by atoms with Gasteiger partial charge in [-0.25, -0.2) is 14.6 Å². The summed E-state index contributed by atoms with van der Waals surface area (Å²) in [4.78, 5) is 13.4. The molecule has 1 N–H and O–H groups in total. The Morgan fingerprint density at radius 1 is 1.03 bits per heavy atom. The minimum Gasteiger partial charge on any atom is -0.366 e. The van der Waals surface area contributed by atoms with Crippen LogP contribution in [-0.2, 0) is 6.54 Å². The minimum atomic E-state index is 0.329. The number of benzene rings is 1. The summed E-state index contributed by atoms with van der Waals surface area (Å²) in [5.74, 6) is 1.79. The van der Waals surface area contributed by atoms with E-state index in [9.17, 15) is 0 Å². The summed E-state index contributed by atoms with van der Waals surface area (Å²) < 4.78 is 1.94. The van der Waals surface area contributed by atoms with Gasteiger partial charge < -0.3 is 5.32 Å². The van der Waals surface area contributed by atoms with Gasteiger partial charge in [-0.3, -0.25) is 4.98 Å². The van der Waals surface area contributed by atoms with Crippen LogP contribution in [0.15, 0.2) is 67.1 Å². The zero-order valence-electron chi connectivity index (χ0n) is 16.9. The Labute approximate surface area is 170 Å². The highest BCUT2D eigenvalue weighted by molar-refractivity contribution is 5.56. The van der Waals surface area contributed by atoms with E-state index in [1.54, 1.807) is 12.4 Å². The monoisotopic (exact) mass is 384 g/mol. The third-order valence-electron chi connectivity index (χ3n) is 4.62. The van der Waals surface area contributed by atoms with E-state index in [-0.39, 0.29) is 0 Å². The molecule has 0 aliphatic heterocycles. The fourth-order valence-corrected chi connectivity index (χ4v) is 3.23. The van der Waals surface area contributed by atoms with Crippen molar-refractivity contribution in [2.75, 3.05) is 5.32 Å². The van der Waals surface area contributed by atoms with Gasteiger partial charge in [0.05, 0.1) is 11.4 Å². The van der Waals surface area contributed by atoms with Gasteiger partial charge in [-0.15, -0.1) is 0 Å². The molecule has 0 saturated heterocycles. The fourth-order valence-electron chi connectivity index (χ4n) is 3.23. The molecule has 3 heterocycles. The molecule has 0 saturated carbocycles. The first-order valence-electron chi connectivity index (χ1n) is 9.74. The average molecular weight is 384 g/mol. The molecule has 0 bridgehead atoms. The lowest BCUT2D eigenvalue weighted by atomic mass is 10.1.